The smallest absolute Gasteiger partial charge is 0.269 e. The third kappa shape index (κ3) is 11.2. The Hall–Kier alpha value is -1.68. The molecule has 0 aliphatic heterocycles. The van der Waals surface area contributed by atoms with Crippen LogP contribution >= 0.6 is 38.3 Å². The largest absolute Gasteiger partial charge is 0.344 e. The number of nitro groups is 2. The Labute approximate surface area is 207 Å². The van der Waals surface area contributed by atoms with E-state index in [1.54, 1.807) is 31.2 Å². The molecule has 188 valence electrons. The first-order valence-corrected chi connectivity index (χ1v) is 16.2. The molecule has 1 N–H and O–H groups in total. The van der Waals surface area contributed by atoms with Crippen molar-refractivity contribution in [2.45, 2.75) is 30.6 Å². The number of nitro benzene ring substituents is 2. The molecule has 2 aromatic carbocycles. The molecule has 0 saturated heterocycles. The molecule has 0 aliphatic rings. The zero-order valence-corrected chi connectivity index (χ0v) is 22.5. The maximum atomic E-state index is 12.2. The van der Waals surface area contributed by atoms with Crippen LogP contribution in [0.15, 0.2) is 58.3 Å². The van der Waals surface area contributed by atoms with E-state index >= 15 is 0 Å². The van der Waals surface area contributed by atoms with E-state index in [1.165, 1.54) is 47.8 Å². The van der Waals surface area contributed by atoms with Crippen molar-refractivity contribution in [3.8, 4) is 0 Å². The van der Waals surface area contributed by atoms with E-state index in [0.29, 0.717) is 18.3 Å². The van der Waals surface area contributed by atoms with Gasteiger partial charge in [0.15, 0.2) is 0 Å². The second-order valence-corrected chi connectivity index (χ2v) is 15.2. The van der Waals surface area contributed by atoms with Gasteiger partial charge in [0.25, 0.3) is 11.4 Å². The monoisotopic (exact) mass is 550 g/mol. The van der Waals surface area contributed by atoms with Gasteiger partial charge in [-0.15, -0.1) is 23.5 Å². The lowest BCUT2D eigenvalue weighted by atomic mass is 10.3. The number of nitrogens with zero attached hydrogens (tertiary/aromatic N) is 2. The highest BCUT2D eigenvalue weighted by Crippen LogP contribution is 2.50. The molecular weight excluding hydrogens is 522 g/mol. The minimum atomic E-state index is -3.04. The first-order chi connectivity index (χ1) is 15.9. The molecule has 0 saturated carbocycles. The van der Waals surface area contributed by atoms with Gasteiger partial charge >= 0.3 is 0 Å². The Morgan fingerprint density at radius 1 is 0.794 bits per heavy atom. The lowest BCUT2D eigenvalue weighted by Gasteiger charge is -2.15. The Bertz CT molecular complexity index is 1040. The van der Waals surface area contributed by atoms with Gasteiger partial charge in [0.05, 0.1) is 27.4 Å². The zero-order valence-electron chi connectivity index (χ0n) is 19.1. The zero-order chi connectivity index (χ0) is 25.8. The van der Waals surface area contributed by atoms with Crippen molar-refractivity contribution < 1.29 is 28.4 Å². The van der Waals surface area contributed by atoms with Gasteiger partial charge in [-0.1, -0.05) is 13.8 Å². The molecule has 2 aromatic rings. The van der Waals surface area contributed by atoms with Gasteiger partial charge in [-0.2, -0.15) is 0 Å². The SMILES string of the molecule is CCOP(=O)(CC)CSc1ccc([N+](=O)[O-])cc1.CCP(=O)(O)CSc1ccc([N+](=O)[O-])cc1. The van der Waals surface area contributed by atoms with Gasteiger partial charge < -0.3 is 9.42 Å². The summed E-state index contributed by atoms with van der Waals surface area (Å²) in [7, 11) is -5.61. The molecule has 0 aliphatic carbocycles. The fourth-order valence-electron chi connectivity index (χ4n) is 2.22. The summed E-state index contributed by atoms with van der Waals surface area (Å²) >= 11 is 2.64. The Kier molecular flexibility index (Phi) is 13.1. The molecule has 0 bridgehead atoms. The lowest BCUT2D eigenvalue weighted by Crippen LogP contribution is -1.95. The average Bonchev–Trinajstić information content (AvgIpc) is 2.82. The average molecular weight is 551 g/mol. The van der Waals surface area contributed by atoms with Crippen LogP contribution in [0, 0.1) is 20.2 Å². The van der Waals surface area contributed by atoms with Crippen LogP contribution in [0.5, 0.6) is 0 Å². The number of benzene rings is 2. The maximum absolute atomic E-state index is 12.2. The predicted molar refractivity (Wildman–Crippen MR) is 138 cm³/mol. The summed E-state index contributed by atoms with van der Waals surface area (Å²) in [5.74, 6) is 0. The predicted octanol–water partition coefficient (Wildman–Crippen LogP) is 6.91. The molecule has 0 spiro atoms. The van der Waals surface area contributed by atoms with Crippen molar-refractivity contribution in [2.75, 3.05) is 29.9 Å². The summed E-state index contributed by atoms with van der Waals surface area (Å²) < 4.78 is 28.8. The van der Waals surface area contributed by atoms with Crippen molar-refractivity contribution in [3.63, 3.8) is 0 Å². The van der Waals surface area contributed by atoms with Gasteiger partial charge in [0.1, 0.15) is 0 Å². The van der Waals surface area contributed by atoms with Gasteiger partial charge in [-0.3, -0.25) is 29.4 Å². The normalized spacial score (nSPS) is 14.2. The summed E-state index contributed by atoms with van der Waals surface area (Å²) in [5.41, 5.74) is 0.617. The fraction of sp³-hybridized carbons (Fsp3) is 0.400. The van der Waals surface area contributed by atoms with Gasteiger partial charge in [-0.25, -0.2) is 0 Å². The number of rotatable bonds is 12. The molecule has 34 heavy (non-hydrogen) atoms. The van der Waals surface area contributed by atoms with Crippen molar-refractivity contribution in [2.24, 2.45) is 0 Å². The van der Waals surface area contributed by atoms with Crippen molar-refractivity contribution in [1.82, 2.24) is 0 Å². The second-order valence-electron chi connectivity index (χ2n) is 6.76. The Morgan fingerprint density at radius 2 is 1.21 bits per heavy atom. The molecular formula is C20H28N2O8P2S2. The number of hydrogen-bond donors (Lipinski definition) is 1. The molecule has 10 nitrogen and oxygen atoms in total. The Balaban J connectivity index is 0.000000342. The fourth-order valence-corrected chi connectivity index (χ4v) is 8.08. The van der Waals surface area contributed by atoms with Crippen LogP contribution in [0.2, 0.25) is 0 Å². The maximum Gasteiger partial charge on any atom is 0.269 e. The summed E-state index contributed by atoms with van der Waals surface area (Å²) in [6.45, 7) is 5.76. The minimum absolute atomic E-state index is 0.0204. The van der Waals surface area contributed by atoms with Crippen LogP contribution < -0.4 is 0 Å². The van der Waals surface area contributed by atoms with Crippen molar-refractivity contribution in [1.29, 1.82) is 0 Å². The van der Waals surface area contributed by atoms with Crippen LogP contribution in [-0.4, -0.2) is 44.7 Å². The third-order valence-corrected chi connectivity index (χ3v) is 12.4. The van der Waals surface area contributed by atoms with E-state index in [4.69, 9.17) is 4.52 Å². The van der Waals surface area contributed by atoms with Gasteiger partial charge in [0, 0.05) is 46.4 Å². The summed E-state index contributed by atoms with van der Waals surface area (Å²) in [6, 6.07) is 12.1. The van der Waals surface area contributed by atoms with E-state index in [0.717, 1.165) is 9.79 Å². The molecule has 0 amide bonds. The Morgan fingerprint density at radius 3 is 1.53 bits per heavy atom. The van der Waals surface area contributed by atoms with Gasteiger partial charge in [-0.05, 0) is 31.2 Å². The van der Waals surface area contributed by atoms with Crippen LogP contribution in [0.4, 0.5) is 11.4 Å². The van der Waals surface area contributed by atoms with Crippen LogP contribution in [0.1, 0.15) is 20.8 Å². The molecule has 2 atom stereocenters. The van der Waals surface area contributed by atoms with Crippen molar-refractivity contribution in [3.05, 3.63) is 68.8 Å². The second kappa shape index (κ2) is 14.7. The topological polar surface area (TPSA) is 150 Å². The summed E-state index contributed by atoms with van der Waals surface area (Å²) in [5, 5.41) is 20.9. The molecule has 0 aromatic heterocycles. The summed E-state index contributed by atoms with van der Waals surface area (Å²) in [6.07, 6.45) is 0.744. The molecule has 2 unspecified atom stereocenters. The molecule has 0 radical (unpaired) electrons. The van der Waals surface area contributed by atoms with Crippen LogP contribution in [0.25, 0.3) is 0 Å². The number of hydrogen-bond acceptors (Lipinski definition) is 9. The van der Waals surface area contributed by atoms with E-state index in [2.05, 4.69) is 0 Å². The summed E-state index contributed by atoms with van der Waals surface area (Å²) in [4.78, 5) is 30.9. The number of non-ortho nitro benzene ring substituents is 2. The highest BCUT2D eigenvalue weighted by Gasteiger charge is 2.20. The van der Waals surface area contributed by atoms with Crippen LogP contribution in [-0.2, 0) is 13.7 Å². The lowest BCUT2D eigenvalue weighted by molar-refractivity contribution is -0.385. The van der Waals surface area contributed by atoms with E-state index in [-0.39, 0.29) is 23.0 Å². The number of thioether (sulfide) groups is 2. The van der Waals surface area contributed by atoms with Crippen molar-refractivity contribution >= 4 is 49.6 Å². The molecule has 0 heterocycles. The highest BCUT2D eigenvalue weighted by atomic mass is 32.2. The molecule has 14 heteroatoms. The van der Waals surface area contributed by atoms with Crippen LogP contribution in [0.3, 0.4) is 0 Å². The van der Waals surface area contributed by atoms with E-state index < -0.39 is 24.6 Å². The standard InChI is InChI=1S/C11H16NO4PS.C9H12NO4PS/c1-3-16-17(15,4-2)9-18-11-7-5-10(6-8-11)12(13)14;1-2-15(13,14)7-16-9-5-3-8(4-6-9)10(11)12/h5-8H,3-4,9H2,1-2H3;3-6H,2,7H2,1H3,(H,13,14). The third-order valence-electron chi connectivity index (χ3n) is 4.30. The minimum Gasteiger partial charge on any atom is -0.344 e. The van der Waals surface area contributed by atoms with Gasteiger partial charge in [0.2, 0.25) is 14.7 Å². The quantitative estimate of drug-likeness (QED) is 0.128. The van der Waals surface area contributed by atoms with E-state index in [1.807, 2.05) is 13.8 Å². The highest BCUT2D eigenvalue weighted by molar-refractivity contribution is 8.05. The molecule has 0 fully saturated rings. The molecule has 2 rings (SSSR count). The first kappa shape index (κ1) is 30.4. The first-order valence-electron chi connectivity index (χ1n) is 10.2. The van der Waals surface area contributed by atoms with E-state index in [9.17, 15) is 34.3 Å².